The summed E-state index contributed by atoms with van der Waals surface area (Å²) in [7, 11) is 1.97. The second-order valence-corrected chi connectivity index (χ2v) is 3.99. The first kappa shape index (κ1) is 10.1. The van der Waals surface area contributed by atoms with E-state index in [2.05, 4.69) is 30.0 Å². The highest BCUT2D eigenvalue weighted by molar-refractivity contribution is 7.99. The predicted octanol–water partition coefficient (Wildman–Crippen LogP) is 1.66. The van der Waals surface area contributed by atoms with Gasteiger partial charge in [-0.25, -0.2) is 0 Å². The van der Waals surface area contributed by atoms with Crippen LogP contribution in [0, 0.1) is 12.3 Å². The van der Waals surface area contributed by atoms with E-state index < -0.39 is 0 Å². The van der Waals surface area contributed by atoms with Crippen molar-refractivity contribution in [1.29, 1.82) is 0 Å². The summed E-state index contributed by atoms with van der Waals surface area (Å²) in [6.45, 7) is 4.19. The molecule has 0 radical (unpaired) electrons. The van der Waals surface area contributed by atoms with E-state index in [1.807, 2.05) is 11.6 Å². The lowest BCUT2D eigenvalue weighted by Gasteiger charge is -2.04. The molecule has 0 N–H and O–H groups in total. The maximum absolute atomic E-state index is 5.16. The van der Waals surface area contributed by atoms with Crippen molar-refractivity contribution in [3.8, 4) is 12.3 Å². The van der Waals surface area contributed by atoms with Gasteiger partial charge in [-0.05, 0) is 0 Å². The smallest absolute Gasteiger partial charge is 0.191 e. The Morgan fingerprint density at radius 1 is 1.54 bits per heavy atom. The molecule has 3 nitrogen and oxygen atoms in total. The van der Waals surface area contributed by atoms with Crippen LogP contribution in [0.15, 0.2) is 5.16 Å². The molecule has 0 saturated heterocycles. The van der Waals surface area contributed by atoms with Crippen LogP contribution in [-0.4, -0.2) is 20.5 Å². The van der Waals surface area contributed by atoms with Gasteiger partial charge in [-0.15, -0.1) is 16.6 Å². The Bertz CT molecular complexity index is 322. The van der Waals surface area contributed by atoms with Gasteiger partial charge in [-0.3, -0.25) is 0 Å². The van der Waals surface area contributed by atoms with Crippen LogP contribution in [-0.2, 0) is 7.05 Å². The second-order valence-electron chi connectivity index (χ2n) is 3.05. The summed E-state index contributed by atoms with van der Waals surface area (Å²) in [6, 6.07) is 0. The van der Waals surface area contributed by atoms with Gasteiger partial charge in [0.2, 0.25) is 0 Å². The SMILES string of the molecule is C#CCSc1nnc(C(C)C)n1C. The van der Waals surface area contributed by atoms with Crippen LogP contribution in [0.2, 0.25) is 0 Å². The minimum Gasteiger partial charge on any atom is -0.309 e. The highest BCUT2D eigenvalue weighted by Gasteiger charge is 2.10. The molecule has 0 bridgehead atoms. The van der Waals surface area contributed by atoms with Crippen molar-refractivity contribution < 1.29 is 0 Å². The Balaban J connectivity index is 2.81. The Hall–Kier alpha value is -0.950. The number of hydrogen-bond donors (Lipinski definition) is 0. The van der Waals surface area contributed by atoms with Crippen LogP contribution in [0.3, 0.4) is 0 Å². The highest BCUT2D eigenvalue weighted by Crippen LogP contribution is 2.18. The average Bonchev–Trinajstić information content (AvgIpc) is 2.43. The molecule has 0 saturated carbocycles. The van der Waals surface area contributed by atoms with Gasteiger partial charge in [0.1, 0.15) is 5.82 Å². The number of terminal acetylenes is 1. The van der Waals surface area contributed by atoms with Crippen LogP contribution in [0.4, 0.5) is 0 Å². The summed E-state index contributed by atoms with van der Waals surface area (Å²) in [6.07, 6.45) is 5.16. The molecule has 0 amide bonds. The Morgan fingerprint density at radius 3 is 2.69 bits per heavy atom. The molecule has 1 aromatic rings. The minimum absolute atomic E-state index is 0.401. The van der Waals surface area contributed by atoms with Crippen molar-refractivity contribution in [1.82, 2.24) is 14.8 Å². The Morgan fingerprint density at radius 2 is 2.23 bits per heavy atom. The number of aromatic nitrogens is 3. The normalized spacial score (nSPS) is 10.4. The van der Waals surface area contributed by atoms with Gasteiger partial charge < -0.3 is 4.57 Å². The lowest BCUT2D eigenvalue weighted by atomic mass is 10.2. The second kappa shape index (κ2) is 4.33. The van der Waals surface area contributed by atoms with Crippen molar-refractivity contribution in [3.05, 3.63) is 5.82 Å². The van der Waals surface area contributed by atoms with Gasteiger partial charge in [0.25, 0.3) is 0 Å². The standard InChI is InChI=1S/C9H13N3S/c1-5-6-13-9-11-10-8(7(2)3)12(9)4/h1,7H,6H2,2-4H3. The van der Waals surface area contributed by atoms with E-state index in [1.165, 1.54) is 11.8 Å². The van der Waals surface area contributed by atoms with Crippen LogP contribution >= 0.6 is 11.8 Å². The average molecular weight is 195 g/mol. The summed E-state index contributed by atoms with van der Waals surface area (Å²) in [4.78, 5) is 0. The monoisotopic (exact) mass is 195 g/mol. The molecule has 1 heterocycles. The molecule has 70 valence electrons. The molecule has 0 unspecified atom stereocenters. The number of hydrogen-bond acceptors (Lipinski definition) is 3. The van der Waals surface area contributed by atoms with Gasteiger partial charge in [-0.1, -0.05) is 31.5 Å². The zero-order chi connectivity index (χ0) is 9.84. The lowest BCUT2D eigenvalue weighted by molar-refractivity contribution is 0.680. The van der Waals surface area contributed by atoms with E-state index in [0.717, 1.165) is 11.0 Å². The highest BCUT2D eigenvalue weighted by atomic mass is 32.2. The van der Waals surface area contributed by atoms with Crippen molar-refractivity contribution in [2.75, 3.05) is 5.75 Å². The molecule has 0 aliphatic rings. The largest absolute Gasteiger partial charge is 0.309 e. The molecule has 1 aromatic heterocycles. The minimum atomic E-state index is 0.401. The maximum atomic E-state index is 5.16. The van der Waals surface area contributed by atoms with Crippen LogP contribution < -0.4 is 0 Å². The van der Waals surface area contributed by atoms with E-state index in [9.17, 15) is 0 Å². The van der Waals surface area contributed by atoms with Gasteiger partial charge in [0, 0.05) is 13.0 Å². The molecule has 0 atom stereocenters. The Labute approximate surface area is 82.9 Å². The maximum Gasteiger partial charge on any atom is 0.191 e. The third-order valence-corrected chi connectivity index (χ3v) is 2.59. The zero-order valence-corrected chi connectivity index (χ0v) is 8.93. The molecule has 0 aromatic carbocycles. The van der Waals surface area contributed by atoms with Crippen molar-refractivity contribution in [3.63, 3.8) is 0 Å². The molecule has 0 spiro atoms. The van der Waals surface area contributed by atoms with E-state index in [0.29, 0.717) is 11.7 Å². The fourth-order valence-corrected chi connectivity index (χ4v) is 1.66. The van der Waals surface area contributed by atoms with E-state index in [4.69, 9.17) is 6.42 Å². The molecule has 4 heteroatoms. The number of nitrogens with zero attached hydrogens (tertiary/aromatic N) is 3. The first-order valence-corrected chi connectivity index (χ1v) is 5.11. The van der Waals surface area contributed by atoms with E-state index >= 15 is 0 Å². The van der Waals surface area contributed by atoms with Crippen LogP contribution in [0.1, 0.15) is 25.6 Å². The summed E-state index contributed by atoms with van der Waals surface area (Å²) in [5.41, 5.74) is 0. The predicted molar refractivity (Wildman–Crippen MR) is 54.6 cm³/mol. The van der Waals surface area contributed by atoms with Crippen molar-refractivity contribution in [2.24, 2.45) is 7.05 Å². The third kappa shape index (κ3) is 2.25. The number of thioether (sulfide) groups is 1. The van der Waals surface area contributed by atoms with Gasteiger partial charge >= 0.3 is 0 Å². The summed E-state index contributed by atoms with van der Waals surface area (Å²) in [5, 5.41) is 9.04. The molecule has 13 heavy (non-hydrogen) atoms. The van der Waals surface area contributed by atoms with Gasteiger partial charge in [0.05, 0.1) is 5.75 Å². The van der Waals surface area contributed by atoms with E-state index in [1.54, 1.807) is 0 Å². The van der Waals surface area contributed by atoms with Gasteiger partial charge in [-0.2, -0.15) is 0 Å². The van der Waals surface area contributed by atoms with Crippen LogP contribution in [0.25, 0.3) is 0 Å². The van der Waals surface area contributed by atoms with Crippen molar-refractivity contribution >= 4 is 11.8 Å². The fraction of sp³-hybridized carbons (Fsp3) is 0.556. The fourth-order valence-electron chi connectivity index (χ4n) is 1.06. The van der Waals surface area contributed by atoms with Gasteiger partial charge in [0.15, 0.2) is 5.16 Å². The van der Waals surface area contributed by atoms with Crippen molar-refractivity contribution in [2.45, 2.75) is 24.9 Å². The first-order chi connectivity index (χ1) is 6.16. The number of rotatable bonds is 3. The Kier molecular flexibility index (Phi) is 3.38. The van der Waals surface area contributed by atoms with E-state index in [-0.39, 0.29) is 0 Å². The molecule has 0 aliphatic heterocycles. The molecular formula is C9H13N3S. The third-order valence-electron chi connectivity index (χ3n) is 1.67. The topological polar surface area (TPSA) is 30.7 Å². The van der Waals surface area contributed by atoms with Crippen LogP contribution in [0.5, 0.6) is 0 Å². The lowest BCUT2D eigenvalue weighted by Crippen LogP contribution is -2.00. The summed E-state index contributed by atoms with van der Waals surface area (Å²) in [5.74, 6) is 4.61. The molecular weight excluding hydrogens is 182 g/mol. The quantitative estimate of drug-likeness (QED) is 0.543. The summed E-state index contributed by atoms with van der Waals surface area (Å²) < 4.78 is 1.99. The molecule has 1 rings (SSSR count). The zero-order valence-electron chi connectivity index (χ0n) is 8.11. The first-order valence-electron chi connectivity index (χ1n) is 4.12. The molecule has 0 aliphatic carbocycles. The summed E-state index contributed by atoms with van der Waals surface area (Å²) >= 11 is 1.54. The molecule has 0 fully saturated rings.